The van der Waals surface area contributed by atoms with Crippen molar-refractivity contribution in [2.75, 3.05) is 18.8 Å². The van der Waals surface area contributed by atoms with Gasteiger partial charge in [-0.05, 0) is 46.0 Å². The lowest BCUT2D eigenvalue weighted by atomic mass is 9.97. The van der Waals surface area contributed by atoms with Gasteiger partial charge in [0.1, 0.15) is 5.60 Å². The maximum atomic E-state index is 12.1. The maximum absolute atomic E-state index is 12.1. The Morgan fingerprint density at radius 1 is 1.33 bits per heavy atom. The molecule has 1 aliphatic rings. The molecular weight excluding hydrogens is 326 g/mol. The number of hydrogen-bond acceptors (Lipinski definition) is 6. The summed E-state index contributed by atoms with van der Waals surface area (Å²) in [4.78, 5) is 13.8. The number of carbonyl (C=O) groups is 1. The highest BCUT2D eigenvalue weighted by molar-refractivity contribution is 7.99. The molecule has 2 heterocycles. The number of carbonyl (C=O) groups excluding carboxylic acids is 1. The number of rotatable bonds is 5. The summed E-state index contributed by atoms with van der Waals surface area (Å²) in [6.45, 7) is 11.4. The van der Waals surface area contributed by atoms with Crippen LogP contribution in [0.1, 0.15) is 65.7 Å². The van der Waals surface area contributed by atoms with E-state index in [2.05, 4.69) is 24.0 Å². The van der Waals surface area contributed by atoms with Gasteiger partial charge in [-0.3, -0.25) is 0 Å². The van der Waals surface area contributed by atoms with Crippen LogP contribution in [-0.2, 0) is 4.74 Å². The third-order valence-electron chi connectivity index (χ3n) is 3.84. The van der Waals surface area contributed by atoms with E-state index >= 15 is 0 Å². The van der Waals surface area contributed by atoms with Gasteiger partial charge in [0.05, 0.1) is 0 Å². The van der Waals surface area contributed by atoms with Crippen LogP contribution in [0, 0.1) is 5.92 Å². The second-order valence-corrected chi connectivity index (χ2v) is 8.73. The van der Waals surface area contributed by atoms with Crippen molar-refractivity contribution in [3.63, 3.8) is 0 Å². The first-order valence-corrected chi connectivity index (χ1v) is 9.67. The van der Waals surface area contributed by atoms with E-state index in [-0.39, 0.29) is 12.0 Å². The zero-order valence-corrected chi connectivity index (χ0v) is 16.2. The fourth-order valence-corrected chi connectivity index (χ4v) is 3.47. The molecule has 0 saturated carbocycles. The van der Waals surface area contributed by atoms with Crippen molar-refractivity contribution < 1.29 is 13.9 Å². The molecule has 1 aliphatic heterocycles. The first-order chi connectivity index (χ1) is 11.2. The Bertz CT molecular complexity index is 531. The van der Waals surface area contributed by atoms with Crippen LogP contribution in [0.3, 0.4) is 0 Å². The van der Waals surface area contributed by atoms with Crippen LogP contribution in [0.5, 0.6) is 0 Å². The van der Waals surface area contributed by atoms with Gasteiger partial charge in [-0.1, -0.05) is 25.6 Å². The molecule has 2 rings (SSSR count). The summed E-state index contributed by atoms with van der Waals surface area (Å²) < 4.78 is 11.2. The Morgan fingerprint density at radius 2 is 2.00 bits per heavy atom. The summed E-state index contributed by atoms with van der Waals surface area (Å²) in [6, 6.07) is 0. The van der Waals surface area contributed by atoms with Crippen LogP contribution in [0.15, 0.2) is 9.64 Å². The monoisotopic (exact) mass is 355 g/mol. The molecule has 0 unspecified atom stereocenters. The van der Waals surface area contributed by atoms with Crippen molar-refractivity contribution in [2.45, 2.75) is 70.6 Å². The quantitative estimate of drug-likeness (QED) is 0.733. The lowest BCUT2D eigenvalue weighted by Crippen LogP contribution is -2.41. The molecular formula is C17H29N3O3S. The molecule has 6 nitrogen and oxygen atoms in total. The third kappa shape index (κ3) is 6.00. The van der Waals surface area contributed by atoms with E-state index in [1.54, 1.807) is 16.7 Å². The SMILES string of the molecule is CC(C)CCSc1nnc(C2CCN(C(=O)OC(C)(C)C)CC2)o1. The fourth-order valence-electron chi connectivity index (χ4n) is 2.46. The highest BCUT2D eigenvalue weighted by Crippen LogP contribution is 2.30. The number of ether oxygens (including phenoxy) is 1. The Kier molecular flexibility index (Phi) is 6.54. The number of thioether (sulfide) groups is 1. The van der Waals surface area contributed by atoms with Gasteiger partial charge in [0.15, 0.2) is 0 Å². The molecule has 136 valence electrons. The number of piperidine rings is 1. The third-order valence-corrected chi connectivity index (χ3v) is 4.69. The van der Waals surface area contributed by atoms with E-state index in [0.717, 1.165) is 25.0 Å². The van der Waals surface area contributed by atoms with E-state index in [1.807, 2.05) is 20.8 Å². The average Bonchev–Trinajstić information content (AvgIpc) is 2.94. The molecule has 1 amide bonds. The molecule has 0 radical (unpaired) electrons. The number of hydrogen-bond donors (Lipinski definition) is 0. The Labute approximate surface area is 148 Å². The minimum Gasteiger partial charge on any atom is -0.444 e. The van der Waals surface area contributed by atoms with Gasteiger partial charge >= 0.3 is 6.09 Å². The Morgan fingerprint density at radius 3 is 2.58 bits per heavy atom. The molecule has 0 atom stereocenters. The van der Waals surface area contributed by atoms with Gasteiger partial charge < -0.3 is 14.1 Å². The molecule has 1 saturated heterocycles. The van der Waals surface area contributed by atoms with Gasteiger partial charge in [0.25, 0.3) is 5.22 Å². The molecule has 1 aromatic rings. The summed E-state index contributed by atoms with van der Waals surface area (Å²) in [5, 5.41) is 8.98. The van der Waals surface area contributed by atoms with Crippen LogP contribution in [0.25, 0.3) is 0 Å². The molecule has 0 N–H and O–H groups in total. The summed E-state index contributed by atoms with van der Waals surface area (Å²) >= 11 is 1.62. The number of likely N-dealkylation sites (tertiary alicyclic amines) is 1. The van der Waals surface area contributed by atoms with Crippen LogP contribution in [0.4, 0.5) is 4.79 Å². The lowest BCUT2D eigenvalue weighted by Gasteiger charge is -2.32. The zero-order chi connectivity index (χ0) is 17.7. The summed E-state index contributed by atoms with van der Waals surface area (Å²) in [5.41, 5.74) is -0.456. The summed E-state index contributed by atoms with van der Waals surface area (Å²) in [6.07, 6.45) is 2.56. The van der Waals surface area contributed by atoms with E-state index in [0.29, 0.717) is 30.1 Å². The predicted molar refractivity (Wildman–Crippen MR) is 94.3 cm³/mol. The molecule has 0 spiro atoms. The molecule has 1 aromatic heterocycles. The van der Waals surface area contributed by atoms with E-state index < -0.39 is 5.60 Å². The molecule has 0 bridgehead atoms. The highest BCUT2D eigenvalue weighted by Gasteiger charge is 2.29. The molecule has 0 aliphatic carbocycles. The summed E-state index contributed by atoms with van der Waals surface area (Å²) in [5.74, 6) is 2.61. The van der Waals surface area contributed by atoms with Crippen LogP contribution in [-0.4, -0.2) is 45.6 Å². The van der Waals surface area contributed by atoms with Crippen LogP contribution < -0.4 is 0 Å². The molecule has 0 aromatic carbocycles. The fraction of sp³-hybridized carbons (Fsp3) is 0.824. The van der Waals surface area contributed by atoms with Gasteiger partial charge in [-0.2, -0.15) is 0 Å². The van der Waals surface area contributed by atoms with Crippen molar-refractivity contribution in [1.29, 1.82) is 0 Å². The minimum absolute atomic E-state index is 0.232. The van der Waals surface area contributed by atoms with Crippen molar-refractivity contribution in [1.82, 2.24) is 15.1 Å². The first-order valence-electron chi connectivity index (χ1n) is 8.68. The smallest absolute Gasteiger partial charge is 0.410 e. The normalized spacial score (nSPS) is 16.7. The molecule has 24 heavy (non-hydrogen) atoms. The highest BCUT2D eigenvalue weighted by atomic mass is 32.2. The average molecular weight is 356 g/mol. The largest absolute Gasteiger partial charge is 0.444 e. The van der Waals surface area contributed by atoms with Crippen molar-refractivity contribution in [3.05, 3.63) is 5.89 Å². The number of nitrogens with zero attached hydrogens (tertiary/aromatic N) is 3. The van der Waals surface area contributed by atoms with Crippen LogP contribution in [0.2, 0.25) is 0 Å². The Balaban J connectivity index is 1.80. The Hall–Kier alpha value is -1.24. The first kappa shape index (κ1) is 19.1. The van der Waals surface area contributed by atoms with E-state index in [1.165, 1.54) is 0 Å². The van der Waals surface area contributed by atoms with Gasteiger partial charge in [-0.15, -0.1) is 10.2 Å². The lowest BCUT2D eigenvalue weighted by molar-refractivity contribution is 0.0198. The molecule has 7 heteroatoms. The van der Waals surface area contributed by atoms with E-state index in [4.69, 9.17) is 9.15 Å². The molecule has 1 fully saturated rings. The number of aromatic nitrogens is 2. The minimum atomic E-state index is -0.456. The predicted octanol–water partition coefficient (Wildman–Crippen LogP) is 4.32. The second kappa shape index (κ2) is 8.23. The standard InChI is InChI=1S/C17H29N3O3S/c1-12(2)8-11-24-15-19-18-14(22-15)13-6-9-20(10-7-13)16(21)23-17(3,4)5/h12-13H,6-11H2,1-5H3. The second-order valence-electron chi connectivity index (χ2n) is 7.68. The van der Waals surface area contributed by atoms with Gasteiger partial charge in [0.2, 0.25) is 5.89 Å². The van der Waals surface area contributed by atoms with E-state index in [9.17, 15) is 4.79 Å². The maximum Gasteiger partial charge on any atom is 0.410 e. The van der Waals surface area contributed by atoms with Gasteiger partial charge in [-0.25, -0.2) is 4.79 Å². The zero-order valence-electron chi connectivity index (χ0n) is 15.4. The van der Waals surface area contributed by atoms with Gasteiger partial charge in [0, 0.05) is 24.8 Å². The number of amides is 1. The van der Waals surface area contributed by atoms with Crippen molar-refractivity contribution in [2.24, 2.45) is 5.92 Å². The topological polar surface area (TPSA) is 68.5 Å². The van der Waals surface area contributed by atoms with Crippen LogP contribution >= 0.6 is 11.8 Å². The van der Waals surface area contributed by atoms with Crippen molar-refractivity contribution >= 4 is 17.9 Å². The van der Waals surface area contributed by atoms with Crippen molar-refractivity contribution in [3.8, 4) is 0 Å². The summed E-state index contributed by atoms with van der Waals surface area (Å²) in [7, 11) is 0.